The zero-order valence-corrected chi connectivity index (χ0v) is 19.5. The second kappa shape index (κ2) is 9.64. The fourth-order valence-corrected chi connectivity index (χ4v) is 4.54. The lowest BCUT2D eigenvalue weighted by Crippen LogP contribution is -2.50. The lowest BCUT2D eigenvalue weighted by Gasteiger charge is -2.30. The number of likely N-dealkylation sites (tertiary alicyclic amines) is 1. The summed E-state index contributed by atoms with van der Waals surface area (Å²) in [5.41, 5.74) is 0.238. The van der Waals surface area contributed by atoms with Crippen LogP contribution in [0.4, 0.5) is 8.78 Å². The largest absolute Gasteiger partial charge is 0.486 e. The fourth-order valence-electron chi connectivity index (χ4n) is 4.36. The van der Waals surface area contributed by atoms with Gasteiger partial charge in [-0.25, -0.2) is 0 Å². The number of benzene rings is 2. The molecule has 3 heterocycles. The van der Waals surface area contributed by atoms with Crippen molar-refractivity contribution in [3.63, 3.8) is 0 Å². The van der Waals surface area contributed by atoms with Crippen LogP contribution in [0.5, 0.6) is 11.5 Å². The van der Waals surface area contributed by atoms with Crippen molar-refractivity contribution >= 4 is 28.5 Å². The summed E-state index contributed by atoms with van der Waals surface area (Å²) >= 11 is 5.93. The Bertz CT molecular complexity index is 1280. The Morgan fingerprint density at radius 1 is 1.14 bits per heavy atom. The molecule has 0 saturated carbocycles. The Kier molecular flexibility index (Phi) is 6.22. The number of amides is 1. The van der Waals surface area contributed by atoms with Crippen molar-refractivity contribution < 1.29 is 33.9 Å². The van der Waals surface area contributed by atoms with E-state index in [1.165, 1.54) is 30.3 Å². The minimum Gasteiger partial charge on any atom is -0.486 e. The summed E-state index contributed by atoms with van der Waals surface area (Å²) in [7, 11) is 0. The molecule has 5 rings (SSSR count). The molecule has 186 valence electrons. The first-order valence-electron chi connectivity index (χ1n) is 11.9. The summed E-state index contributed by atoms with van der Waals surface area (Å²) < 4.78 is 55.5. The number of furan rings is 1. The molecule has 7 nitrogen and oxygen atoms in total. The number of carbonyl (C=O) groups excluding carboxylic acids is 1. The summed E-state index contributed by atoms with van der Waals surface area (Å²) in [6.07, 6.45) is -0.636. The number of halogens is 3. The predicted octanol–water partition coefficient (Wildman–Crippen LogP) is 4.26. The zero-order chi connectivity index (χ0) is 25.5. The number of hydrogen-bond acceptors (Lipinski definition) is 6. The van der Waals surface area contributed by atoms with Crippen molar-refractivity contribution in [3.05, 3.63) is 58.8 Å². The van der Waals surface area contributed by atoms with Crippen LogP contribution in [0.2, 0.25) is 5.02 Å². The Labute approximate surface area is 206 Å². The number of ether oxygens (including phenoxy) is 2. The van der Waals surface area contributed by atoms with Gasteiger partial charge in [-0.05, 0) is 67.9 Å². The van der Waals surface area contributed by atoms with Crippen LogP contribution in [0.3, 0.4) is 0 Å². The van der Waals surface area contributed by atoms with E-state index < -0.39 is 29.7 Å². The van der Waals surface area contributed by atoms with E-state index in [1.807, 2.05) is 4.90 Å². The molecule has 35 heavy (non-hydrogen) atoms. The minimum absolute atomic E-state index is 0.00595. The normalized spacial score (nSPS) is 19.3. The highest BCUT2D eigenvalue weighted by atomic mass is 35.5. The number of aliphatic hydroxyl groups is 1. The Morgan fingerprint density at radius 2 is 1.89 bits per heavy atom. The molecule has 0 spiro atoms. The van der Waals surface area contributed by atoms with Gasteiger partial charge in [-0.3, -0.25) is 4.79 Å². The fraction of sp³-hybridized carbons (Fsp3) is 0.400. The number of nitrogens with zero attached hydrogens (tertiary/aromatic N) is 1. The lowest BCUT2D eigenvalue weighted by molar-refractivity contribution is -0.151. The topological polar surface area (TPSA) is 84.2 Å². The second-order valence-electron chi connectivity index (χ2n) is 8.64. The van der Waals surface area contributed by atoms with Gasteiger partial charge >= 0.3 is 5.92 Å². The summed E-state index contributed by atoms with van der Waals surface area (Å²) in [5, 5.41) is 14.2. The Hall–Kier alpha value is -2.88. The van der Waals surface area contributed by atoms with Crippen LogP contribution in [0.15, 0.2) is 46.9 Å². The molecule has 3 aromatic rings. The molecule has 0 aliphatic carbocycles. The highest BCUT2D eigenvalue weighted by Crippen LogP contribution is 2.36. The number of alkyl halides is 2. The van der Waals surface area contributed by atoms with Gasteiger partial charge < -0.3 is 29.2 Å². The van der Waals surface area contributed by atoms with Gasteiger partial charge in [-0.15, -0.1) is 0 Å². The lowest BCUT2D eigenvalue weighted by atomic mass is 10.0. The van der Waals surface area contributed by atoms with Crippen LogP contribution in [0.1, 0.15) is 31.6 Å². The van der Waals surface area contributed by atoms with Gasteiger partial charge in [0.2, 0.25) is 0 Å². The molecule has 1 fully saturated rings. The van der Waals surface area contributed by atoms with Gasteiger partial charge in [-0.1, -0.05) is 17.7 Å². The summed E-state index contributed by atoms with van der Waals surface area (Å²) in [5.74, 6) is -5.80. The van der Waals surface area contributed by atoms with Crippen LogP contribution in [0, 0.1) is 0 Å². The van der Waals surface area contributed by atoms with Crippen molar-refractivity contribution in [2.75, 3.05) is 32.8 Å². The van der Waals surface area contributed by atoms with Gasteiger partial charge in [0.15, 0.2) is 17.3 Å². The predicted molar refractivity (Wildman–Crippen MR) is 125 cm³/mol. The van der Waals surface area contributed by atoms with Gasteiger partial charge in [0.1, 0.15) is 24.9 Å². The van der Waals surface area contributed by atoms with E-state index in [9.17, 15) is 9.90 Å². The molecule has 2 atom stereocenters. The highest BCUT2D eigenvalue weighted by Gasteiger charge is 2.46. The van der Waals surface area contributed by atoms with E-state index >= 15 is 8.78 Å². The molecular formula is C25H25ClF2N2O5. The number of carbonyl (C=O) groups is 1. The summed E-state index contributed by atoms with van der Waals surface area (Å²) in [4.78, 5) is 14.8. The molecule has 2 aliphatic rings. The third-order valence-electron chi connectivity index (χ3n) is 6.19. The minimum atomic E-state index is -4.06. The van der Waals surface area contributed by atoms with Crippen LogP contribution >= 0.6 is 11.6 Å². The SMILES string of the molecule is [2H][C@](O)(c1ccc2c(c1)OCCO2)[C@@H](CN1CCCC1)NC(=O)C(F)(F)c1cc2cc(Cl)ccc2o1. The van der Waals surface area contributed by atoms with Crippen LogP contribution in [-0.2, 0) is 10.7 Å². The smallest absolute Gasteiger partial charge is 0.380 e. The molecule has 10 heteroatoms. The number of nitrogens with one attached hydrogen (secondary N) is 1. The molecule has 2 aromatic carbocycles. The van der Waals surface area contributed by atoms with Gasteiger partial charge in [0.05, 0.1) is 7.41 Å². The first-order valence-corrected chi connectivity index (χ1v) is 11.8. The van der Waals surface area contributed by atoms with Crippen LogP contribution < -0.4 is 14.8 Å². The molecule has 0 radical (unpaired) electrons. The Balaban J connectivity index is 1.43. The van der Waals surface area contributed by atoms with Crippen LogP contribution in [0.25, 0.3) is 11.0 Å². The first-order chi connectivity index (χ1) is 17.1. The van der Waals surface area contributed by atoms with Crippen molar-refractivity contribution in [2.45, 2.75) is 30.9 Å². The van der Waals surface area contributed by atoms with Crippen molar-refractivity contribution in [2.24, 2.45) is 0 Å². The molecule has 1 aromatic heterocycles. The Morgan fingerprint density at radius 3 is 2.66 bits per heavy atom. The second-order valence-corrected chi connectivity index (χ2v) is 9.08. The van der Waals surface area contributed by atoms with E-state index in [2.05, 4.69) is 5.32 Å². The molecule has 0 unspecified atom stereocenters. The van der Waals surface area contributed by atoms with Gasteiger partial charge in [-0.2, -0.15) is 8.78 Å². The monoisotopic (exact) mass is 507 g/mol. The number of rotatable bonds is 7. The van der Waals surface area contributed by atoms with E-state index in [4.69, 9.17) is 26.9 Å². The van der Waals surface area contributed by atoms with E-state index in [1.54, 1.807) is 6.07 Å². The first kappa shape index (κ1) is 22.6. The quantitative estimate of drug-likeness (QED) is 0.497. The molecule has 2 aliphatic heterocycles. The maximum Gasteiger partial charge on any atom is 0.380 e. The molecular weight excluding hydrogens is 482 g/mol. The van der Waals surface area contributed by atoms with Crippen LogP contribution in [-0.4, -0.2) is 54.8 Å². The average molecular weight is 508 g/mol. The molecule has 0 bridgehead atoms. The average Bonchev–Trinajstić information content (AvgIpc) is 3.53. The summed E-state index contributed by atoms with van der Waals surface area (Å²) in [6, 6.07) is 8.52. The number of hydrogen-bond donors (Lipinski definition) is 2. The zero-order valence-electron chi connectivity index (χ0n) is 19.7. The van der Waals surface area contributed by atoms with E-state index in [-0.39, 0.29) is 17.7 Å². The molecule has 1 amide bonds. The molecule has 1 saturated heterocycles. The van der Waals surface area contributed by atoms with E-state index in [0.29, 0.717) is 48.2 Å². The molecule has 2 N–H and O–H groups in total. The van der Waals surface area contributed by atoms with Crippen molar-refractivity contribution in [1.82, 2.24) is 10.2 Å². The van der Waals surface area contributed by atoms with E-state index in [0.717, 1.165) is 18.9 Å². The summed E-state index contributed by atoms with van der Waals surface area (Å²) in [6.45, 7) is 2.02. The third kappa shape index (κ3) is 4.94. The highest BCUT2D eigenvalue weighted by molar-refractivity contribution is 6.31. The third-order valence-corrected chi connectivity index (χ3v) is 6.42. The van der Waals surface area contributed by atoms with Gasteiger partial charge in [0, 0.05) is 17.0 Å². The standard InChI is InChI=1S/C25H25ClF2N2O5/c26-17-4-6-19-16(11-17)13-22(35-19)25(27,28)24(32)29-18(14-30-7-1-2-8-30)23(31)15-3-5-20-21(12-15)34-10-9-33-20/h3-6,11-13,18,23,31H,1-2,7-10,14H2,(H,29,32)/t18-,23+/m1/s1/i23D. The number of fused-ring (bicyclic) bond motifs is 2. The maximum absolute atomic E-state index is 15.2. The maximum atomic E-state index is 15.2. The van der Waals surface area contributed by atoms with Crippen molar-refractivity contribution in [3.8, 4) is 11.5 Å². The van der Waals surface area contributed by atoms with Gasteiger partial charge in [0.25, 0.3) is 5.91 Å². The van der Waals surface area contributed by atoms with Crippen molar-refractivity contribution in [1.29, 1.82) is 0 Å².